The van der Waals surface area contributed by atoms with Crippen LogP contribution in [0, 0.1) is 0 Å². The Morgan fingerprint density at radius 1 is 1.35 bits per heavy atom. The summed E-state index contributed by atoms with van der Waals surface area (Å²) in [5.41, 5.74) is 1.03. The predicted molar refractivity (Wildman–Crippen MR) is 79.7 cm³/mol. The van der Waals surface area contributed by atoms with Crippen molar-refractivity contribution in [1.29, 1.82) is 0 Å². The number of nitrogens with zero attached hydrogens (tertiary/aromatic N) is 2. The van der Waals surface area contributed by atoms with Gasteiger partial charge in [0, 0.05) is 24.3 Å². The third-order valence-corrected chi connectivity index (χ3v) is 2.79. The van der Waals surface area contributed by atoms with Gasteiger partial charge < -0.3 is 10.3 Å². The average Bonchev–Trinajstić information content (AvgIpc) is 2.36. The molecule has 0 aromatic carbocycles. The summed E-state index contributed by atoms with van der Waals surface area (Å²) in [6.45, 7) is 6.69. The lowest BCUT2D eigenvalue weighted by Gasteiger charge is -2.20. The van der Waals surface area contributed by atoms with Crippen LogP contribution in [0.15, 0.2) is 29.2 Å². The van der Waals surface area contributed by atoms with E-state index in [2.05, 4.69) is 41.0 Å². The predicted octanol–water partition coefficient (Wildman–Crippen LogP) is 2.37. The summed E-state index contributed by atoms with van der Waals surface area (Å²) in [4.78, 5) is 22.9. The Balaban J connectivity index is 2.29. The molecule has 2 heterocycles. The van der Waals surface area contributed by atoms with Crippen molar-refractivity contribution in [2.75, 3.05) is 0 Å². The van der Waals surface area contributed by atoms with Crippen molar-refractivity contribution in [2.24, 2.45) is 0 Å². The van der Waals surface area contributed by atoms with Crippen LogP contribution in [-0.2, 0) is 6.54 Å². The zero-order valence-corrected chi connectivity index (χ0v) is 12.5. The van der Waals surface area contributed by atoms with E-state index in [1.54, 1.807) is 12.1 Å². The molecule has 2 aromatic rings. The first-order chi connectivity index (χ1) is 9.33. The van der Waals surface area contributed by atoms with Crippen molar-refractivity contribution < 1.29 is 0 Å². The summed E-state index contributed by atoms with van der Waals surface area (Å²) in [6.07, 6.45) is 1.52. The monoisotopic (exact) mass is 292 g/mol. The molecule has 0 saturated carbocycles. The number of nitrogens with one attached hydrogen (secondary N) is 2. The minimum atomic E-state index is -0.197. The zero-order chi connectivity index (χ0) is 14.8. The summed E-state index contributed by atoms with van der Waals surface area (Å²) in [5, 5.41) is 3.84. The molecule has 0 aliphatic carbocycles. The highest BCUT2D eigenvalue weighted by atomic mass is 35.5. The van der Waals surface area contributed by atoms with Gasteiger partial charge in [-0.3, -0.25) is 9.78 Å². The summed E-state index contributed by atoms with van der Waals surface area (Å²) >= 11 is 5.80. The number of hydrogen-bond acceptors (Lipinski definition) is 4. The van der Waals surface area contributed by atoms with Gasteiger partial charge in [0.25, 0.3) is 5.56 Å². The molecule has 0 aliphatic heterocycles. The van der Waals surface area contributed by atoms with Crippen LogP contribution in [0.2, 0.25) is 5.02 Å². The van der Waals surface area contributed by atoms with E-state index >= 15 is 0 Å². The van der Waals surface area contributed by atoms with Crippen LogP contribution < -0.4 is 10.9 Å². The molecule has 5 nitrogen and oxygen atoms in total. The van der Waals surface area contributed by atoms with Gasteiger partial charge in [-0.15, -0.1) is 0 Å². The first kappa shape index (κ1) is 14.7. The molecule has 0 radical (unpaired) electrons. The Morgan fingerprint density at radius 3 is 2.70 bits per heavy atom. The maximum absolute atomic E-state index is 11.7. The van der Waals surface area contributed by atoms with Crippen LogP contribution in [-0.4, -0.2) is 20.5 Å². The average molecular weight is 293 g/mol. The van der Waals surface area contributed by atoms with E-state index in [0.29, 0.717) is 28.8 Å². The van der Waals surface area contributed by atoms with Gasteiger partial charge in [-0.05, 0) is 32.9 Å². The fourth-order valence-electron chi connectivity index (χ4n) is 1.59. The van der Waals surface area contributed by atoms with Crippen LogP contribution in [0.5, 0.6) is 0 Å². The quantitative estimate of drug-likeness (QED) is 0.911. The Bertz CT molecular complexity index is 643. The molecule has 0 atom stereocenters. The molecule has 2 aromatic heterocycles. The lowest BCUT2D eigenvalue weighted by molar-refractivity contribution is 0.421. The number of aromatic nitrogens is 3. The van der Waals surface area contributed by atoms with Crippen LogP contribution in [0.25, 0.3) is 11.5 Å². The standard InChI is InChI=1S/C14H17ClN4O/c1-14(2,3)17-8-10-6-12(20)19-13(18-10)11-5-4-9(15)7-16-11/h4-7,17H,8H2,1-3H3,(H,18,19,20). The highest BCUT2D eigenvalue weighted by molar-refractivity contribution is 6.30. The number of H-pyrrole nitrogens is 1. The second kappa shape index (κ2) is 5.73. The third kappa shape index (κ3) is 4.15. The molecule has 0 spiro atoms. The molecule has 2 N–H and O–H groups in total. The second-order valence-corrected chi connectivity index (χ2v) is 5.99. The molecule has 0 fully saturated rings. The summed E-state index contributed by atoms with van der Waals surface area (Å²) in [7, 11) is 0. The summed E-state index contributed by atoms with van der Waals surface area (Å²) < 4.78 is 0. The van der Waals surface area contributed by atoms with E-state index < -0.39 is 0 Å². The van der Waals surface area contributed by atoms with Gasteiger partial charge in [0.15, 0.2) is 5.82 Å². The van der Waals surface area contributed by atoms with Crippen molar-refractivity contribution >= 4 is 11.6 Å². The van der Waals surface area contributed by atoms with Crippen LogP contribution in [0.4, 0.5) is 0 Å². The van der Waals surface area contributed by atoms with E-state index in [1.807, 2.05) is 0 Å². The SMILES string of the molecule is CC(C)(C)NCc1cc(=O)[nH]c(-c2ccc(Cl)cn2)n1. The van der Waals surface area contributed by atoms with Gasteiger partial charge in [-0.25, -0.2) is 4.98 Å². The highest BCUT2D eigenvalue weighted by Gasteiger charge is 2.10. The number of hydrogen-bond donors (Lipinski definition) is 2. The largest absolute Gasteiger partial charge is 0.306 e. The Kier molecular flexibility index (Phi) is 4.20. The molecule has 6 heteroatoms. The maximum atomic E-state index is 11.7. The highest BCUT2D eigenvalue weighted by Crippen LogP contribution is 2.14. The molecule has 0 unspecified atom stereocenters. The van der Waals surface area contributed by atoms with Gasteiger partial charge in [-0.1, -0.05) is 11.6 Å². The van der Waals surface area contributed by atoms with Gasteiger partial charge in [-0.2, -0.15) is 0 Å². The number of pyridine rings is 1. The Hall–Kier alpha value is -1.72. The Labute approximate surface area is 122 Å². The van der Waals surface area contributed by atoms with Crippen LogP contribution in [0.3, 0.4) is 0 Å². The molecule has 0 aliphatic rings. The molecular formula is C14H17ClN4O. The van der Waals surface area contributed by atoms with E-state index in [0.717, 1.165) is 0 Å². The normalized spacial score (nSPS) is 11.6. The number of rotatable bonds is 3. The van der Waals surface area contributed by atoms with Gasteiger partial charge in [0.05, 0.1) is 10.7 Å². The van der Waals surface area contributed by atoms with E-state index in [9.17, 15) is 4.79 Å². The van der Waals surface area contributed by atoms with Gasteiger partial charge in [0.1, 0.15) is 5.69 Å². The molecule has 20 heavy (non-hydrogen) atoms. The Morgan fingerprint density at radius 2 is 2.10 bits per heavy atom. The van der Waals surface area contributed by atoms with Crippen molar-refractivity contribution in [3.05, 3.63) is 45.5 Å². The van der Waals surface area contributed by atoms with Crippen LogP contribution in [0.1, 0.15) is 26.5 Å². The lowest BCUT2D eigenvalue weighted by atomic mass is 10.1. The van der Waals surface area contributed by atoms with Gasteiger partial charge >= 0.3 is 0 Å². The lowest BCUT2D eigenvalue weighted by Crippen LogP contribution is -2.35. The second-order valence-electron chi connectivity index (χ2n) is 5.55. The van der Waals surface area contributed by atoms with E-state index in [-0.39, 0.29) is 11.1 Å². The van der Waals surface area contributed by atoms with Crippen molar-refractivity contribution in [2.45, 2.75) is 32.9 Å². The first-order valence-electron chi connectivity index (χ1n) is 6.31. The summed E-state index contributed by atoms with van der Waals surface area (Å²) in [5.74, 6) is 0.444. The smallest absolute Gasteiger partial charge is 0.251 e. The summed E-state index contributed by atoms with van der Waals surface area (Å²) in [6, 6.07) is 4.92. The molecular weight excluding hydrogens is 276 g/mol. The molecule has 0 amide bonds. The van der Waals surface area contributed by atoms with Gasteiger partial charge in [0.2, 0.25) is 0 Å². The molecule has 106 valence electrons. The fourth-order valence-corrected chi connectivity index (χ4v) is 1.70. The topological polar surface area (TPSA) is 70.7 Å². The van der Waals surface area contributed by atoms with E-state index in [1.165, 1.54) is 12.3 Å². The van der Waals surface area contributed by atoms with Crippen molar-refractivity contribution in [1.82, 2.24) is 20.3 Å². The fraction of sp³-hybridized carbons (Fsp3) is 0.357. The van der Waals surface area contributed by atoms with Crippen molar-refractivity contribution in [3.8, 4) is 11.5 Å². The molecule has 2 rings (SSSR count). The van der Waals surface area contributed by atoms with Crippen molar-refractivity contribution in [3.63, 3.8) is 0 Å². The minimum Gasteiger partial charge on any atom is -0.306 e. The maximum Gasteiger partial charge on any atom is 0.251 e. The number of halogens is 1. The van der Waals surface area contributed by atoms with Crippen LogP contribution >= 0.6 is 11.6 Å². The zero-order valence-electron chi connectivity index (χ0n) is 11.7. The molecule has 0 bridgehead atoms. The minimum absolute atomic E-state index is 0.0387. The molecule has 0 saturated heterocycles. The third-order valence-electron chi connectivity index (χ3n) is 2.56. The first-order valence-corrected chi connectivity index (χ1v) is 6.68. The van der Waals surface area contributed by atoms with E-state index in [4.69, 9.17) is 11.6 Å². The number of aromatic amines is 1.